The van der Waals surface area contributed by atoms with E-state index in [0.717, 1.165) is 19.0 Å². The number of ether oxygens (including phenoxy) is 1. The zero-order valence-electron chi connectivity index (χ0n) is 14.6. The first-order valence-electron chi connectivity index (χ1n) is 8.88. The van der Waals surface area contributed by atoms with Crippen molar-refractivity contribution in [3.8, 4) is 0 Å². The average molecular weight is 331 g/mol. The van der Waals surface area contributed by atoms with Crippen molar-refractivity contribution in [2.24, 2.45) is 4.99 Å². The van der Waals surface area contributed by atoms with E-state index in [2.05, 4.69) is 37.6 Å². The lowest BCUT2D eigenvalue weighted by molar-refractivity contribution is 0.0154. The number of nitrogens with one attached hydrogen (secondary N) is 2. The van der Waals surface area contributed by atoms with E-state index >= 15 is 0 Å². The monoisotopic (exact) mass is 331 g/mol. The van der Waals surface area contributed by atoms with Crippen molar-refractivity contribution in [1.82, 2.24) is 20.4 Å². The maximum Gasteiger partial charge on any atom is 0.191 e. The molecule has 24 heavy (non-hydrogen) atoms. The van der Waals surface area contributed by atoms with E-state index in [4.69, 9.17) is 4.74 Å². The lowest BCUT2D eigenvalue weighted by Gasteiger charge is -2.47. The lowest BCUT2D eigenvalue weighted by Crippen LogP contribution is -2.63. The molecule has 2 bridgehead atoms. The van der Waals surface area contributed by atoms with Crippen LogP contribution in [0.2, 0.25) is 0 Å². The second-order valence-electron chi connectivity index (χ2n) is 6.41. The Hall–Kier alpha value is -1.63. The molecule has 1 atom stereocenters. The number of fused-ring (bicyclic) bond motifs is 3. The molecule has 0 aliphatic carbocycles. The Labute approximate surface area is 144 Å². The number of aliphatic imine (C=N–C) groups is 1. The van der Waals surface area contributed by atoms with Crippen LogP contribution < -0.4 is 10.6 Å². The van der Waals surface area contributed by atoms with Crippen LogP contribution in [0.1, 0.15) is 5.56 Å². The van der Waals surface area contributed by atoms with Gasteiger partial charge in [0.25, 0.3) is 0 Å². The summed E-state index contributed by atoms with van der Waals surface area (Å²) in [6.07, 6.45) is 0. The first-order chi connectivity index (χ1) is 11.8. The standard InChI is InChI=1S/C18H29N5O/c1-19-18(20-7-12-24-15-16-5-3-2-4-6-16)21-13-17-14-22-8-10-23(17)11-9-22/h2-6,17H,7-15H2,1H3,(H2,19,20,21). The first-order valence-corrected chi connectivity index (χ1v) is 8.88. The van der Waals surface area contributed by atoms with E-state index in [1.807, 2.05) is 25.2 Å². The van der Waals surface area contributed by atoms with Gasteiger partial charge in [-0.25, -0.2) is 0 Å². The summed E-state index contributed by atoms with van der Waals surface area (Å²) in [5, 5.41) is 6.77. The highest BCUT2D eigenvalue weighted by Gasteiger charge is 2.31. The fourth-order valence-corrected chi connectivity index (χ4v) is 3.36. The minimum atomic E-state index is 0.598. The zero-order chi connectivity index (χ0) is 16.6. The van der Waals surface area contributed by atoms with E-state index in [-0.39, 0.29) is 0 Å². The fraction of sp³-hybridized carbons (Fsp3) is 0.611. The Morgan fingerprint density at radius 2 is 1.96 bits per heavy atom. The third kappa shape index (κ3) is 4.93. The van der Waals surface area contributed by atoms with E-state index in [9.17, 15) is 0 Å². The van der Waals surface area contributed by atoms with E-state index in [0.29, 0.717) is 19.3 Å². The topological polar surface area (TPSA) is 52.1 Å². The van der Waals surface area contributed by atoms with Crippen molar-refractivity contribution >= 4 is 5.96 Å². The van der Waals surface area contributed by atoms with Gasteiger partial charge in [0.1, 0.15) is 0 Å². The van der Waals surface area contributed by atoms with Crippen LogP contribution in [0.3, 0.4) is 0 Å². The van der Waals surface area contributed by atoms with Crippen LogP contribution in [0.4, 0.5) is 0 Å². The fourth-order valence-electron chi connectivity index (χ4n) is 3.36. The van der Waals surface area contributed by atoms with Crippen LogP contribution in [-0.4, -0.2) is 81.3 Å². The summed E-state index contributed by atoms with van der Waals surface area (Å²) in [5.74, 6) is 0.857. The van der Waals surface area contributed by atoms with Gasteiger partial charge in [-0.2, -0.15) is 0 Å². The number of hydrogen-bond acceptors (Lipinski definition) is 4. The first kappa shape index (κ1) is 17.2. The number of guanidine groups is 1. The van der Waals surface area contributed by atoms with Crippen LogP contribution in [-0.2, 0) is 11.3 Å². The molecular weight excluding hydrogens is 302 g/mol. The highest BCUT2D eigenvalue weighted by atomic mass is 16.5. The smallest absolute Gasteiger partial charge is 0.191 e. The second kappa shape index (κ2) is 9.01. The molecule has 3 fully saturated rings. The van der Waals surface area contributed by atoms with Crippen molar-refractivity contribution in [2.45, 2.75) is 12.6 Å². The van der Waals surface area contributed by atoms with Gasteiger partial charge in [0.05, 0.1) is 13.2 Å². The van der Waals surface area contributed by atoms with Crippen molar-refractivity contribution < 1.29 is 4.74 Å². The largest absolute Gasteiger partial charge is 0.375 e. The summed E-state index contributed by atoms with van der Waals surface area (Å²) in [7, 11) is 1.82. The molecule has 3 heterocycles. The number of rotatable bonds is 7. The Balaban J connectivity index is 1.29. The van der Waals surface area contributed by atoms with E-state index in [1.54, 1.807) is 0 Å². The molecule has 6 nitrogen and oxygen atoms in total. The molecule has 132 valence electrons. The number of hydrogen-bond donors (Lipinski definition) is 2. The second-order valence-corrected chi connectivity index (χ2v) is 6.41. The van der Waals surface area contributed by atoms with E-state index in [1.165, 1.54) is 38.3 Å². The molecule has 0 radical (unpaired) electrons. The maximum absolute atomic E-state index is 5.69. The van der Waals surface area contributed by atoms with Gasteiger partial charge in [-0.3, -0.25) is 14.8 Å². The quantitative estimate of drug-likeness (QED) is 0.429. The minimum absolute atomic E-state index is 0.598. The summed E-state index contributed by atoms with van der Waals surface area (Å²) in [5.41, 5.74) is 1.21. The summed E-state index contributed by atoms with van der Waals surface area (Å²) in [6, 6.07) is 10.8. The summed E-state index contributed by atoms with van der Waals surface area (Å²) >= 11 is 0. The van der Waals surface area contributed by atoms with Crippen LogP contribution in [0.25, 0.3) is 0 Å². The van der Waals surface area contributed by atoms with Gasteiger partial charge in [0.2, 0.25) is 0 Å². The van der Waals surface area contributed by atoms with Gasteiger partial charge >= 0.3 is 0 Å². The molecule has 3 aliphatic rings. The van der Waals surface area contributed by atoms with Crippen molar-refractivity contribution in [3.05, 3.63) is 35.9 Å². The molecule has 1 unspecified atom stereocenters. The molecule has 1 aromatic carbocycles. The Kier molecular flexibility index (Phi) is 6.46. The molecule has 4 rings (SSSR count). The molecule has 2 N–H and O–H groups in total. The molecule has 1 aromatic rings. The predicted molar refractivity (Wildman–Crippen MR) is 97.3 cm³/mol. The van der Waals surface area contributed by atoms with Crippen LogP contribution in [0, 0.1) is 0 Å². The molecular formula is C18H29N5O. The predicted octanol–water partition coefficient (Wildman–Crippen LogP) is 0.368. The molecule has 6 heteroatoms. The molecule has 0 saturated carbocycles. The Bertz CT molecular complexity index is 513. The Morgan fingerprint density at radius 3 is 2.62 bits per heavy atom. The maximum atomic E-state index is 5.69. The van der Waals surface area contributed by atoms with Crippen LogP contribution in [0.15, 0.2) is 35.3 Å². The van der Waals surface area contributed by atoms with Gasteiger partial charge in [0.15, 0.2) is 5.96 Å². The Morgan fingerprint density at radius 1 is 1.17 bits per heavy atom. The normalized spacial score (nSPS) is 26.4. The van der Waals surface area contributed by atoms with E-state index < -0.39 is 0 Å². The van der Waals surface area contributed by atoms with Gasteiger partial charge < -0.3 is 15.4 Å². The minimum Gasteiger partial charge on any atom is -0.375 e. The van der Waals surface area contributed by atoms with Crippen LogP contribution >= 0.6 is 0 Å². The summed E-state index contributed by atoms with van der Waals surface area (Å²) in [6.45, 7) is 9.04. The number of piperazine rings is 3. The van der Waals surface area contributed by atoms with Crippen molar-refractivity contribution in [1.29, 1.82) is 0 Å². The van der Waals surface area contributed by atoms with Crippen molar-refractivity contribution in [2.75, 3.05) is 59.5 Å². The average Bonchev–Trinajstić information content (AvgIpc) is 2.66. The molecule has 0 spiro atoms. The highest BCUT2D eigenvalue weighted by Crippen LogP contribution is 2.14. The highest BCUT2D eigenvalue weighted by molar-refractivity contribution is 5.79. The molecule has 0 amide bonds. The molecule has 3 saturated heterocycles. The third-order valence-electron chi connectivity index (χ3n) is 4.77. The molecule has 0 aromatic heterocycles. The third-order valence-corrected chi connectivity index (χ3v) is 4.77. The summed E-state index contributed by atoms with van der Waals surface area (Å²) in [4.78, 5) is 9.44. The number of nitrogens with zero attached hydrogens (tertiary/aromatic N) is 3. The lowest BCUT2D eigenvalue weighted by atomic mass is 10.1. The van der Waals surface area contributed by atoms with Gasteiger partial charge in [0, 0.05) is 58.9 Å². The summed E-state index contributed by atoms with van der Waals surface area (Å²) < 4.78 is 5.69. The zero-order valence-corrected chi connectivity index (χ0v) is 14.6. The van der Waals surface area contributed by atoms with Gasteiger partial charge in [-0.05, 0) is 5.56 Å². The SMILES string of the molecule is CN=C(NCCOCc1ccccc1)NCC1CN2CCN1CC2. The van der Waals surface area contributed by atoms with Gasteiger partial charge in [-0.1, -0.05) is 30.3 Å². The molecule has 3 aliphatic heterocycles. The van der Waals surface area contributed by atoms with Gasteiger partial charge in [-0.15, -0.1) is 0 Å². The number of benzene rings is 1. The van der Waals surface area contributed by atoms with Crippen LogP contribution in [0.5, 0.6) is 0 Å². The van der Waals surface area contributed by atoms with Crippen molar-refractivity contribution in [3.63, 3.8) is 0 Å².